The SMILES string of the molecule is C=CS(=O)(=O)CCOCNC(C)NC(=O)CCS(=O)(=O)C=C. The quantitative estimate of drug-likeness (QED) is 0.359. The van der Waals surface area contributed by atoms with Crippen molar-refractivity contribution in [2.45, 2.75) is 19.5 Å². The molecule has 0 aromatic heterocycles. The smallest absolute Gasteiger partial charge is 0.222 e. The van der Waals surface area contributed by atoms with E-state index >= 15 is 0 Å². The standard InChI is InChI=1S/C12H22N2O6S2/c1-4-21(16,17)8-6-12(15)14-11(3)13-10-20-7-9-22(18,19)5-2/h4-5,11,13H,1-2,6-10H2,3H3,(H,14,15). The topological polar surface area (TPSA) is 119 Å². The molecule has 0 aliphatic rings. The zero-order valence-corrected chi connectivity index (χ0v) is 14.1. The van der Waals surface area contributed by atoms with E-state index in [1.165, 1.54) is 0 Å². The molecule has 0 aromatic carbocycles. The number of nitrogens with one attached hydrogen (secondary N) is 2. The van der Waals surface area contributed by atoms with Crippen molar-refractivity contribution in [3.8, 4) is 0 Å². The Balaban J connectivity index is 3.86. The first-order valence-electron chi connectivity index (χ1n) is 6.43. The summed E-state index contributed by atoms with van der Waals surface area (Å²) in [6, 6.07) is 0. The van der Waals surface area contributed by atoms with E-state index in [1.807, 2.05) is 0 Å². The second-order valence-corrected chi connectivity index (χ2v) is 8.50. The molecule has 0 aliphatic carbocycles. The third-order valence-electron chi connectivity index (χ3n) is 2.50. The van der Waals surface area contributed by atoms with Crippen molar-refractivity contribution < 1.29 is 26.4 Å². The molecule has 8 nitrogen and oxygen atoms in total. The first-order chi connectivity index (χ1) is 10.1. The number of amides is 1. The Bertz CT molecular complexity index is 583. The molecule has 1 unspecified atom stereocenters. The van der Waals surface area contributed by atoms with Crippen molar-refractivity contribution in [3.05, 3.63) is 24.0 Å². The van der Waals surface area contributed by atoms with Gasteiger partial charge in [0.05, 0.1) is 31.0 Å². The van der Waals surface area contributed by atoms with Crippen LogP contribution in [0.1, 0.15) is 13.3 Å². The van der Waals surface area contributed by atoms with E-state index in [-0.39, 0.29) is 31.3 Å². The van der Waals surface area contributed by atoms with Gasteiger partial charge >= 0.3 is 0 Å². The molecular formula is C12H22N2O6S2. The number of ether oxygens (including phenoxy) is 1. The van der Waals surface area contributed by atoms with Crippen molar-refractivity contribution in [3.63, 3.8) is 0 Å². The van der Waals surface area contributed by atoms with Crippen LogP contribution in [0.5, 0.6) is 0 Å². The van der Waals surface area contributed by atoms with Gasteiger partial charge in [-0.2, -0.15) is 0 Å². The van der Waals surface area contributed by atoms with Gasteiger partial charge in [-0.1, -0.05) is 13.2 Å². The molecule has 2 N–H and O–H groups in total. The van der Waals surface area contributed by atoms with E-state index in [0.717, 1.165) is 10.8 Å². The molecule has 1 atom stereocenters. The first-order valence-corrected chi connectivity index (χ1v) is 9.86. The van der Waals surface area contributed by atoms with Gasteiger partial charge < -0.3 is 10.1 Å². The van der Waals surface area contributed by atoms with Crippen molar-refractivity contribution in [2.75, 3.05) is 24.8 Å². The van der Waals surface area contributed by atoms with Gasteiger partial charge in [0.2, 0.25) is 5.91 Å². The van der Waals surface area contributed by atoms with Crippen LogP contribution in [0.25, 0.3) is 0 Å². The number of carbonyl (C=O) groups excluding carboxylic acids is 1. The number of hydrogen-bond donors (Lipinski definition) is 2. The lowest BCUT2D eigenvalue weighted by molar-refractivity contribution is -0.121. The van der Waals surface area contributed by atoms with E-state index < -0.39 is 31.7 Å². The summed E-state index contributed by atoms with van der Waals surface area (Å²) in [7, 11) is -6.68. The largest absolute Gasteiger partial charge is 0.365 e. The van der Waals surface area contributed by atoms with Crippen LogP contribution in [0.15, 0.2) is 24.0 Å². The van der Waals surface area contributed by atoms with Gasteiger partial charge in [-0.15, -0.1) is 0 Å². The van der Waals surface area contributed by atoms with Crippen LogP contribution in [-0.2, 0) is 29.2 Å². The summed E-state index contributed by atoms with van der Waals surface area (Å²) < 4.78 is 49.5. The molecule has 0 spiro atoms. The summed E-state index contributed by atoms with van der Waals surface area (Å²) in [6.45, 7) is 8.02. The van der Waals surface area contributed by atoms with Crippen LogP contribution in [-0.4, -0.2) is 53.8 Å². The summed E-state index contributed by atoms with van der Waals surface area (Å²) in [5.74, 6) is -0.900. The average Bonchev–Trinajstić information content (AvgIpc) is 2.45. The minimum atomic E-state index is -3.40. The van der Waals surface area contributed by atoms with E-state index in [2.05, 4.69) is 23.8 Å². The Morgan fingerprint density at radius 2 is 1.68 bits per heavy atom. The van der Waals surface area contributed by atoms with E-state index in [4.69, 9.17) is 4.74 Å². The molecule has 0 saturated heterocycles. The number of carbonyl (C=O) groups is 1. The fourth-order valence-electron chi connectivity index (χ4n) is 1.20. The van der Waals surface area contributed by atoms with Crippen LogP contribution >= 0.6 is 0 Å². The fourth-order valence-corrected chi connectivity index (χ4v) is 2.35. The van der Waals surface area contributed by atoms with Gasteiger partial charge in [0.15, 0.2) is 19.7 Å². The molecule has 22 heavy (non-hydrogen) atoms. The first kappa shape index (κ1) is 20.8. The van der Waals surface area contributed by atoms with Gasteiger partial charge in [-0.3, -0.25) is 10.1 Å². The number of hydrogen-bond acceptors (Lipinski definition) is 7. The van der Waals surface area contributed by atoms with Crippen LogP contribution in [0, 0.1) is 0 Å². The Hall–Kier alpha value is -1.23. The lowest BCUT2D eigenvalue weighted by Crippen LogP contribution is -2.44. The molecule has 0 saturated carbocycles. The Morgan fingerprint density at radius 3 is 2.23 bits per heavy atom. The minimum absolute atomic E-state index is 0.000399. The summed E-state index contributed by atoms with van der Waals surface area (Å²) >= 11 is 0. The normalized spacial score (nSPS) is 13.3. The third kappa shape index (κ3) is 10.5. The molecule has 10 heteroatoms. The molecular weight excluding hydrogens is 332 g/mol. The molecule has 0 heterocycles. The van der Waals surface area contributed by atoms with E-state index in [1.54, 1.807) is 6.92 Å². The third-order valence-corrected chi connectivity index (χ3v) is 5.03. The molecule has 0 rings (SSSR count). The second-order valence-electron chi connectivity index (χ2n) is 4.36. The van der Waals surface area contributed by atoms with Crippen molar-refractivity contribution in [1.82, 2.24) is 10.6 Å². The highest BCUT2D eigenvalue weighted by molar-refractivity contribution is 7.94. The zero-order valence-electron chi connectivity index (χ0n) is 12.4. The van der Waals surface area contributed by atoms with Crippen LogP contribution < -0.4 is 10.6 Å². The van der Waals surface area contributed by atoms with E-state index in [9.17, 15) is 21.6 Å². The minimum Gasteiger partial charge on any atom is -0.365 e. The van der Waals surface area contributed by atoms with Crippen molar-refractivity contribution in [1.29, 1.82) is 0 Å². The molecule has 0 fully saturated rings. The Morgan fingerprint density at radius 1 is 1.14 bits per heavy atom. The van der Waals surface area contributed by atoms with Crippen LogP contribution in [0.3, 0.4) is 0 Å². The predicted octanol–water partition coefficient (Wildman–Crippen LogP) is -0.481. The molecule has 0 aliphatic heterocycles. The summed E-state index contributed by atoms with van der Waals surface area (Å²) in [4.78, 5) is 11.5. The highest BCUT2D eigenvalue weighted by Gasteiger charge is 2.11. The monoisotopic (exact) mass is 354 g/mol. The summed E-state index contributed by atoms with van der Waals surface area (Å²) in [6.07, 6.45) is -0.617. The van der Waals surface area contributed by atoms with Crippen LogP contribution in [0.2, 0.25) is 0 Å². The molecule has 0 bridgehead atoms. The number of sulfone groups is 2. The zero-order chi connectivity index (χ0) is 17.2. The van der Waals surface area contributed by atoms with Crippen molar-refractivity contribution in [2.24, 2.45) is 0 Å². The molecule has 128 valence electrons. The number of rotatable bonds is 12. The molecule has 0 aromatic rings. The maximum absolute atomic E-state index is 11.5. The highest BCUT2D eigenvalue weighted by atomic mass is 32.2. The summed E-state index contributed by atoms with van der Waals surface area (Å²) in [5.41, 5.74) is 0. The maximum Gasteiger partial charge on any atom is 0.222 e. The van der Waals surface area contributed by atoms with E-state index in [0.29, 0.717) is 0 Å². The Labute approximate surface area is 131 Å². The summed E-state index contributed by atoms with van der Waals surface area (Å²) in [5, 5.41) is 6.99. The average molecular weight is 354 g/mol. The Kier molecular flexibility index (Phi) is 9.18. The fraction of sp³-hybridized carbons (Fsp3) is 0.583. The van der Waals surface area contributed by atoms with Gasteiger partial charge in [0.1, 0.15) is 0 Å². The van der Waals surface area contributed by atoms with Crippen molar-refractivity contribution >= 4 is 25.6 Å². The van der Waals surface area contributed by atoms with Gasteiger partial charge in [-0.25, -0.2) is 16.8 Å². The van der Waals surface area contributed by atoms with Gasteiger partial charge in [-0.05, 0) is 6.92 Å². The lowest BCUT2D eigenvalue weighted by atomic mass is 10.4. The van der Waals surface area contributed by atoms with Gasteiger partial charge in [0.25, 0.3) is 0 Å². The predicted molar refractivity (Wildman–Crippen MR) is 84.1 cm³/mol. The second kappa shape index (κ2) is 9.72. The maximum atomic E-state index is 11.5. The van der Waals surface area contributed by atoms with Crippen LogP contribution in [0.4, 0.5) is 0 Å². The molecule has 1 amide bonds. The van der Waals surface area contributed by atoms with Gasteiger partial charge in [0, 0.05) is 17.2 Å². The molecule has 0 radical (unpaired) electrons. The lowest BCUT2D eigenvalue weighted by Gasteiger charge is -2.15. The highest BCUT2D eigenvalue weighted by Crippen LogP contribution is 1.95.